The van der Waals surface area contributed by atoms with Crippen LogP contribution in [0.2, 0.25) is 0 Å². The second kappa shape index (κ2) is 4.81. The first-order valence-electron chi connectivity index (χ1n) is 6.54. The van der Waals surface area contributed by atoms with E-state index in [2.05, 4.69) is 5.32 Å². The molecule has 0 aliphatic carbocycles. The lowest BCUT2D eigenvalue weighted by molar-refractivity contribution is -0.131. The SMILES string of the molecule is CN1C(=O)C(C)(C(=O)NC(C)(C)C)Sc2ccccc21. The molecule has 2 amide bonds. The lowest BCUT2D eigenvalue weighted by Gasteiger charge is -2.38. The highest BCUT2D eigenvalue weighted by Gasteiger charge is 2.48. The molecule has 5 heteroatoms. The van der Waals surface area contributed by atoms with Crippen molar-refractivity contribution in [2.75, 3.05) is 11.9 Å². The Kier molecular flexibility index (Phi) is 3.58. The predicted octanol–water partition coefficient (Wildman–Crippen LogP) is 2.43. The summed E-state index contributed by atoms with van der Waals surface area (Å²) in [5.41, 5.74) is 0.486. The number of hydrogen-bond acceptors (Lipinski definition) is 3. The van der Waals surface area contributed by atoms with Crippen molar-refractivity contribution >= 4 is 29.3 Å². The third-order valence-corrected chi connectivity index (χ3v) is 4.51. The zero-order valence-corrected chi connectivity index (χ0v) is 13.3. The van der Waals surface area contributed by atoms with E-state index in [9.17, 15) is 9.59 Å². The summed E-state index contributed by atoms with van der Waals surface area (Å²) in [6.45, 7) is 7.41. The fourth-order valence-corrected chi connectivity index (χ4v) is 3.38. The van der Waals surface area contributed by atoms with Crippen molar-refractivity contribution in [2.24, 2.45) is 0 Å². The van der Waals surface area contributed by atoms with Gasteiger partial charge in [0.1, 0.15) is 0 Å². The van der Waals surface area contributed by atoms with E-state index < -0.39 is 4.75 Å². The minimum Gasteiger partial charge on any atom is -0.350 e. The van der Waals surface area contributed by atoms with Gasteiger partial charge in [-0.3, -0.25) is 9.59 Å². The molecule has 0 aromatic heterocycles. The van der Waals surface area contributed by atoms with Crippen molar-refractivity contribution in [3.05, 3.63) is 24.3 Å². The summed E-state index contributed by atoms with van der Waals surface area (Å²) in [7, 11) is 1.71. The van der Waals surface area contributed by atoms with Gasteiger partial charge in [0.05, 0.1) is 5.69 Å². The van der Waals surface area contributed by atoms with Gasteiger partial charge in [-0.25, -0.2) is 0 Å². The van der Waals surface area contributed by atoms with Gasteiger partial charge in [0.25, 0.3) is 5.91 Å². The molecule has 0 fully saturated rings. The first-order valence-corrected chi connectivity index (χ1v) is 7.35. The first-order chi connectivity index (χ1) is 9.15. The van der Waals surface area contributed by atoms with Gasteiger partial charge in [-0.05, 0) is 39.8 Å². The summed E-state index contributed by atoms with van der Waals surface area (Å²) >= 11 is 1.32. The number of rotatable bonds is 1. The van der Waals surface area contributed by atoms with Gasteiger partial charge in [0, 0.05) is 17.5 Å². The summed E-state index contributed by atoms with van der Waals surface area (Å²) in [5, 5.41) is 2.90. The topological polar surface area (TPSA) is 49.4 Å². The van der Waals surface area contributed by atoms with Crippen molar-refractivity contribution < 1.29 is 9.59 Å². The summed E-state index contributed by atoms with van der Waals surface area (Å²) in [4.78, 5) is 27.6. The van der Waals surface area contributed by atoms with Crippen molar-refractivity contribution in [3.63, 3.8) is 0 Å². The molecule has 2 rings (SSSR count). The second-order valence-corrected chi connectivity index (χ2v) is 7.63. The molecule has 1 aliphatic heterocycles. The maximum atomic E-state index is 12.6. The van der Waals surface area contributed by atoms with Gasteiger partial charge < -0.3 is 10.2 Å². The maximum Gasteiger partial charge on any atom is 0.252 e. The maximum absolute atomic E-state index is 12.6. The number of amides is 2. The van der Waals surface area contributed by atoms with Gasteiger partial charge in [0.15, 0.2) is 4.75 Å². The van der Waals surface area contributed by atoms with Gasteiger partial charge in [-0.1, -0.05) is 23.9 Å². The van der Waals surface area contributed by atoms with Gasteiger partial charge in [-0.15, -0.1) is 0 Å². The summed E-state index contributed by atoms with van der Waals surface area (Å²) in [6, 6.07) is 7.63. The summed E-state index contributed by atoms with van der Waals surface area (Å²) in [5.74, 6) is -0.440. The van der Waals surface area contributed by atoms with Gasteiger partial charge in [-0.2, -0.15) is 0 Å². The number of carbonyl (C=O) groups is 2. The van der Waals surface area contributed by atoms with Gasteiger partial charge >= 0.3 is 0 Å². The molecule has 20 heavy (non-hydrogen) atoms. The third kappa shape index (κ3) is 2.54. The molecule has 0 bridgehead atoms. The molecule has 1 heterocycles. The van der Waals surface area contributed by atoms with Gasteiger partial charge in [0.2, 0.25) is 5.91 Å². The average Bonchev–Trinajstić information content (AvgIpc) is 2.34. The smallest absolute Gasteiger partial charge is 0.252 e. The zero-order valence-electron chi connectivity index (χ0n) is 12.5. The number of benzene rings is 1. The zero-order chi connectivity index (χ0) is 15.1. The Labute approximate surface area is 123 Å². The molecule has 4 nitrogen and oxygen atoms in total. The van der Waals surface area contributed by atoms with Crippen LogP contribution in [0.3, 0.4) is 0 Å². The van der Waals surface area contributed by atoms with Crippen molar-refractivity contribution in [1.82, 2.24) is 5.32 Å². The van der Waals surface area contributed by atoms with Crippen LogP contribution in [0.1, 0.15) is 27.7 Å². The molecule has 0 saturated heterocycles. The van der Waals surface area contributed by atoms with Crippen LogP contribution in [0, 0.1) is 0 Å². The molecule has 1 aromatic carbocycles. The molecule has 1 unspecified atom stereocenters. The van der Waals surface area contributed by atoms with Crippen molar-refractivity contribution in [1.29, 1.82) is 0 Å². The number of carbonyl (C=O) groups excluding carboxylic acids is 2. The highest BCUT2D eigenvalue weighted by atomic mass is 32.2. The van der Waals surface area contributed by atoms with Crippen LogP contribution in [-0.4, -0.2) is 29.1 Å². The van der Waals surface area contributed by atoms with E-state index in [0.717, 1.165) is 10.6 Å². The first kappa shape index (κ1) is 14.9. The Morgan fingerprint density at radius 1 is 1.30 bits per heavy atom. The highest BCUT2D eigenvalue weighted by molar-refractivity contribution is 8.02. The minimum atomic E-state index is -1.13. The molecule has 1 N–H and O–H groups in total. The van der Waals surface area contributed by atoms with Crippen LogP contribution in [0.4, 0.5) is 5.69 Å². The average molecular weight is 292 g/mol. The van der Waals surface area contributed by atoms with Crippen molar-refractivity contribution in [2.45, 2.75) is 42.9 Å². The molecule has 1 atom stereocenters. The Bertz CT molecular complexity index is 565. The van der Waals surface area contributed by atoms with E-state index in [1.807, 2.05) is 45.0 Å². The molecule has 108 valence electrons. The van der Waals surface area contributed by atoms with Crippen LogP contribution in [0.15, 0.2) is 29.2 Å². The monoisotopic (exact) mass is 292 g/mol. The number of nitrogens with zero attached hydrogens (tertiary/aromatic N) is 1. The highest BCUT2D eigenvalue weighted by Crippen LogP contribution is 2.44. The lowest BCUT2D eigenvalue weighted by Crippen LogP contribution is -2.58. The number of thioether (sulfide) groups is 1. The largest absolute Gasteiger partial charge is 0.350 e. The standard InChI is InChI=1S/C15H20N2O2S/c1-14(2,3)16-12(18)15(4)13(19)17(5)10-8-6-7-9-11(10)20-15/h6-9H,1-5H3,(H,16,18). The fourth-order valence-electron chi connectivity index (χ4n) is 2.12. The molecule has 0 radical (unpaired) electrons. The summed E-state index contributed by atoms with van der Waals surface area (Å²) in [6.07, 6.45) is 0. The number of fused-ring (bicyclic) bond motifs is 1. The van der Waals surface area contributed by atoms with Crippen LogP contribution < -0.4 is 10.2 Å². The number of nitrogens with one attached hydrogen (secondary N) is 1. The van der Waals surface area contributed by atoms with E-state index in [-0.39, 0.29) is 17.4 Å². The molecule has 0 spiro atoms. The normalized spacial score (nSPS) is 22.4. The Morgan fingerprint density at radius 2 is 1.90 bits per heavy atom. The van der Waals surface area contributed by atoms with E-state index >= 15 is 0 Å². The Morgan fingerprint density at radius 3 is 2.50 bits per heavy atom. The molecule has 1 aromatic rings. The minimum absolute atomic E-state index is 0.192. The fraction of sp³-hybridized carbons (Fsp3) is 0.467. The molecular formula is C15H20N2O2S. The number of anilines is 1. The summed E-state index contributed by atoms with van der Waals surface area (Å²) < 4.78 is -1.13. The van der Waals surface area contributed by atoms with E-state index in [0.29, 0.717) is 0 Å². The Hall–Kier alpha value is -1.49. The molecule has 1 aliphatic rings. The van der Waals surface area contributed by atoms with E-state index in [1.165, 1.54) is 11.8 Å². The molecule has 0 saturated carbocycles. The van der Waals surface area contributed by atoms with Crippen molar-refractivity contribution in [3.8, 4) is 0 Å². The third-order valence-electron chi connectivity index (χ3n) is 3.18. The molecular weight excluding hydrogens is 272 g/mol. The Balaban J connectivity index is 2.39. The number of hydrogen-bond donors (Lipinski definition) is 1. The van der Waals surface area contributed by atoms with Crippen LogP contribution in [0.25, 0.3) is 0 Å². The predicted molar refractivity (Wildman–Crippen MR) is 82.0 cm³/mol. The lowest BCUT2D eigenvalue weighted by atomic mass is 10.0. The van der Waals surface area contributed by atoms with E-state index in [1.54, 1.807) is 18.9 Å². The quantitative estimate of drug-likeness (QED) is 0.809. The number of para-hydroxylation sites is 1. The van der Waals surface area contributed by atoms with Crippen LogP contribution in [-0.2, 0) is 9.59 Å². The van der Waals surface area contributed by atoms with Crippen LogP contribution >= 0.6 is 11.8 Å². The van der Waals surface area contributed by atoms with E-state index in [4.69, 9.17) is 0 Å². The van der Waals surface area contributed by atoms with Crippen LogP contribution in [0.5, 0.6) is 0 Å². The second-order valence-electron chi connectivity index (χ2n) is 6.17.